The Balaban J connectivity index is 1.90. The summed E-state index contributed by atoms with van der Waals surface area (Å²) in [6.45, 7) is 2.10. The molecule has 0 bridgehead atoms. The van der Waals surface area contributed by atoms with E-state index in [1.165, 1.54) is 24.0 Å². The number of benzene rings is 1. The number of nitrogens with zero attached hydrogens (tertiary/aromatic N) is 3. The summed E-state index contributed by atoms with van der Waals surface area (Å²) in [7, 11) is 0. The summed E-state index contributed by atoms with van der Waals surface area (Å²) >= 11 is 0. The van der Waals surface area contributed by atoms with Crippen LogP contribution in [-0.4, -0.2) is 15.0 Å². The van der Waals surface area contributed by atoms with Crippen molar-refractivity contribution in [3.05, 3.63) is 47.0 Å². The minimum absolute atomic E-state index is 0.343. The number of aromatic nitrogens is 3. The third-order valence-electron chi connectivity index (χ3n) is 3.27. The predicted octanol–water partition coefficient (Wildman–Crippen LogP) is 2.23. The third-order valence-corrected chi connectivity index (χ3v) is 3.27. The van der Waals surface area contributed by atoms with Gasteiger partial charge in [0.25, 0.3) is 0 Å². The van der Waals surface area contributed by atoms with E-state index in [-0.39, 0.29) is 0 Å². The Bertz CT molecular complexity index is 576. The van der Waals surface area contributed by atoms with Crippen LogP contribution in [-0.2, 0) is 6.42 Å². The van der Waals surface area contributed by atoms with Crippen molar-refractivity contribution in [2.24, 2.45) is 0 Å². The second-order valence-electron chi connectivity index (χ2n) is 4.85. The van der Waals surface area contributed by atoms with Crippen LogP contribution in [0.15, 0.2) is 24.3 Å². The molecule has 0 aliphatic heterocycles. The van der Waals surface area contributed by atoms with Crippen molar-refractivity contribution >= 4 is 5.95 Å². The van der Waals surface area contributed by atoms with Gasteiger partial charge in [-0.1, -0.05) is 24.3 Å². The molecule has 18 heavy (non-hydrogen) atoms. The fourth-order valence-corrected chi connectivity index (χ4v) is 2.04. The molecule has 0 spiro atoms. The maximum atomic E-state index is 5.75. The second kappa shape index (κ2) is 4.37. The number of nitrogen functional groups attached to an aromatic ring is 1. The van der Waals surface area contributed by atoms with E-state index in [0.29, 0.717) is 11.9 Å². The van der Waals surface area contributed by atoms with E-state index in [9.17, 15) is 0 Å². The molecule has 2 aromatic rings. The van der Waals surface area contributed by atoms with E-state index in [4.69, 9.17) is 5.73 Å². The number of hydrogen-bond donors (Lipinski definition) is 1. The Kier molecular flexibility index (Phi) is 2.70. The summed E-state index contributed by atoms with van der Waals surface area (Å²) in [6, 6.07) is 8.28. The van der Waals surface area contributed by atoms with E-state index in [1.54, 1.807) is 0 Å². The SMILES string of the molecule is Cc1ccccc1Cc1nc(N)nc(C2CC2)n1. The van der Waals surface area contributed by atoms with Gasteiger partial charge >= 0.3 is 0 Å². The molecule has 4 nitrogen and oxygen atoms in total. The average Bonchev–Trinajstić information content (AvgIpc) is 3.15. The van der Waals surface area contributed by atoms with Crippen molar-refractivity contribution in [2.75, 3.05) is 5.73 Å². The lowest BCUT2D eigenvalue weighted by Gasteiger charge is -2.06. The standard InChI is InChI=1S/C14H16N4/c1-9-4-2-3-5-11(9)8-12-16-13(10-6-7-10)18-14(15)17-12/h2-5,10H,6-8H2,1H3,(H2,15,16,17,18). The molecule has 1 aliphatic carbocycles. The lowest BCUT2D eigenvalue weighted by molar-refractivity contribution is 0.836. The normalized spacial score (nSPS) is 14.7. The first-order chi connectivity index (χ1) is 8.72. The summed E-state index contributed by atoms with van der Waals surface area (Å²) in [5.41, 5.74) is 8.25. The second-order valence-corrected chi connectivity index (χ2v) is 4.85. The predicted molar refractivity (Wildman–Crippen MR) is 70.2 cm³/mol. The number of rotatable bonds is 3. The van der Waals surface area contributed by atoms with Crippen LogP contribution in [0.1, 0.15) is 41.5 Å². The molecule has 0 radical (unpaired) electrons. The molecular weight excluding hydrogens is 224 g/mol. The fourth-order valence-electron chi connectivity index (χ4n) is 2.04. The van der Waals surface area contributed by atoms with Gasteiger partial charge in [0.15, 0.2) is 0 Å². The summed E-state index contributed by atoms with van der Waals surface area (Å²) in [5.74, 6) is 2.49. The number of hydrogen-bond acceptors (Lipinski definition) is 4. The largest absolute Gasteiger partial charge is 0.368 e. The van der Waals surface area contributed by atoms with Gasteiger partial charge in [-0.2, -0.15) is 9.97 Å². The molecule has 2 N–H and O–H groups in total. The van der Waals surface area contributed by atoms with E-state index in [0.717, 1.165) is 18.1 Å². The zero-order valence-corrected chi connectivity index (χ0v) is 10.4. The molecule has 1 heterocycles. The lowest BCUT2D eigenvalue weighted by atomic mass is 10.1. The van der Waals surface area contributed by atoms with Gasteiger partial charge in [-0.3, -0.25) is 0 Å². The van der Waals surface area contributed by atoms with E-state index in [2.05, 4.69) is 34.0 Å². The fraction of sp³-hybridized carbons (Fsp3) is 0.357. The van der Waals surface area contributed by atoms with Gasteiger partial charge in [-0.15, -0.1) is 0 Å². The van der Waals surface area contributed by atoms with Crippen molar-refractivity contribution in [2.45, 2.75) is 32.1 Å². The molecule has 3 rings (SSSR count). The van der Waals surface area contributed by atoms with Crippen molar-refractivity contribution < 1.29 is 0 Å². The zero-order chi connectivity index (χ0) is 12.5. The molecule has 4 heteroatoms. The van der Waals surface area contributed by atoms with E-state index in [1.807, 2.05) is 12.1 Å². The number of aryl methyl sites for hydroxylation is 1. The summed E-state index contributed by atoms with van der Waals surface area (Å²) in [6.07, 6.45) is 3.07. The number of anilines is 1. The topological polar surface area (TPSA) is 64.7 Å². The first kappa shape index (κ1) is 11.1. The highest BCUT2D eigenvalue weighted by Gasteiger charge is 2.27. The monoisotopic (exact) mass is 240 g/mol. The third kappa shape index (κ3) is 2.32. The van der Waals surface area contributed by atoms with Crippen LogP contribution >= 0.6 is 0 Å². The molecule has 1 saturated carbocycles. The van der Waals surface area contributed by atoms with Gasteiger partial charge < -0.3 is 5.73 Å². The molecule has 0 atom stereocenters. The maximum Gasteiger partial charge on any atom is 0.223 e. The minimum atomic E-state index is 0.343. The Hall–Kier alpha value is -1.97. The number of nitrogens with two attached hydrogens (primary N) is 1. The molecule has 1 fully saturated rings. The lowest BCUT2D eigenvalue weighted by Crippen LogP contribution is -2.07. The molecule has 1 aromatic carbocycles. The van der Waals surface area contributed by atoms with Crippen molar-refractivity contribution in [1.82, 2.24) is 15.0 Å². The van der Waals surface area contributed by atoms with Gasteiger partial charge in [0.1, 0.15) is 11.6 Å². The highest BCUT2D eigenvalue weighted by Crippen LogP contribution is 2.38. The van der Waals surface area contributed by atoms with Gasteiger partial charge in [0.05, 0.1) is 0 Å². The maximum absolute atomic E-state index is 5.75. The quantitative estimate of drug-likeness (QED) is 0.893. The van der Waals surface area contributed by atoms with Crippen molar-refractivity contribution in [3.63, 3.8) is 0 Å². The first-order valence-corrected chi connectivity index (χ1v) is 6.27. The highest BCUT2D eigenvalue weighted by molar-refractivity contribution is 5.29. The summed E-state index contributed by atoms with van der Waals surface area (Å²) in [4.78, 5) is 13.0. The van der Waals surface area contributed by atoms with Crippen LogP contribution in [0.4, 0.5) is 5.95 Å². The van der Waals surface area contributed by atoms with Crippen LogP contribution in [0.25, 0.3) is 0 Å². The first-order valence-electron chi connectivity index (χ1n) is 6.27. The Morgan fingerprint density at radius 3 is 2.67 bits per heavy atom. The van der Waals surface area contributed by atoms with Crippen molar-refractivity contribution in [3.8, 4) is 0 Å². The van der Waals surface area contributed by atoms with Crippen LogP contribution in [0.5, 0.6) is 0 Å². The Morgan fingerprint density at radius 1 is 1.17 bits per heavy atom. The van der Waals surface area contributed by atoms with Crippen LogP contribution in [0.3, 0.4) is 0 Å². The zero-order valence-electron chi connectivity index (χ0n) is 10.4. The molecule has 0 saturated heterocycles. The van der Waals surface area contributed by atoms with Gasteiger partial charge in [-0.05, 0) is 30.9 Å². The minimum Gasteiger partial charge on any atom is -0.368 e. The molecule has 92 valence electrons. The molecule has 1 aliphatic rings. The summed E-state index contributed by atoms with van der Waals surface area (Å²) in [5, 5.41) is 0. The van der Waals surface area contributed by atoms with Gasteiger partial charge in [-0.25, -0.2) is 4.98 Å². The molecule has 0 unspecified atom stereocenters. The molecule has 0 amide bonds. The van der Waals surface area contributed by atoms with E-state index < -0.39 is 0 Å². The van der Waals surface area contributed by atoms with Crippen LogP contribution < -0.4 is 5.73 Å². The van der Waals surface area contributed by atoms with Gasteiger partial charge in [0.2, 0.25) is 5.95 Å². The molecule has 1 aromatic heterocycles. The van der Waals surface area contributed by atoms with Crippen molar-refractivity contribution in [1.29, 1.82) is 0 Å². The molecular formula is C14H16N4. The summed E-state index contributed by atoms with van der Waals surface area (Å²) < 4.78 is 0. The average molecular weight is 240 g/mol. The Labute approximate surface area is 106 Å². The highest BCUT2D eigenvalue weighted by atomic mass is 15.1. The van der Waals surface area contributed by atoms with Gasteiger partial charge in [0, 0.05) is 12.3 Å². The van der Waals surface area contributed by atoms with E-state index >= 15 is 0 Å². The Morgan fingerprint density at radius 2 is 1.94 bits per heavy atom. The van der Waals surface area contributed by atoms with Crippen LogP contribution in [0, 0.1) is 6.92 Å². The smallest absolute Gasteiger partial charge is 0.223 e. The van der Waals surface area contributed by atoms with Crippen LogP contribution in [0.2, 0.25) is 0 Å².